The summed E-state index contributed by atoms with van der Waals surface area (Å²) in [6.45, 7) is 2.27. The number of piperazine rings is 1. The second-order valence-corrected chi connectivity index (χ2v) is 5.81. The van der Waals surface area contributed by atoms with Crippen LogP contribution in [-0.2, 0) is 16.1 Å². The Balaban J connectivity index is 1.67. The first-order chi connectivity index (χ1) is 11.1. The minimum Gasteiger partial charge on any atom is -0.358 e. The number of fused-ring (bicyclic) bond motifs is 1. The third kappa shape index (κ3) is 3.05. The zero-order chi connectivity index (χ0) is 16.4. The van der Waals surface area contributed by atoms with Gasteiger partial charge in [-0.25, -0.2) is 4.79 Å². The summed E-state index contributed by atoms with van der Waals surface area (Å²) in [6.07, 6.45) is 0. The molecule has 0 aliphatic carbocycles. The molecule has 1 N–H and O–H groups in total. The number of carbonyl (C=O) groups is 3. The zero-order valence-corrected chi connectivity index (χ0v) is 13.1. The van der Waals surface area contributed by atoms with Crippen molar-refractivity contribution in [2.75, 3.05) is 33.2 Å². The Hall–Kier alpha value is -2.41. The van der Waals surface area contributed by atoms with E-state index < -0.39 is 6.04 Å². The number of carbonyl (C=O) groups excluding carboxylic acids is 3. The van der Waals surface area contributed by atoms with Crippen molar-refractivity contribution in [3.05, 3.63) is 35.9 Å². The SMILES string of the molecule is CNC(=O)CN1C(=O)C2CN(Cc3ccccc3)CCN2C1=O. The van der Waals surface area contributed by atoms with Gasteiger partial charge in [0.05, 0.1) is 0 Å². The highest BCUT2D eigenvalue weighted by Gasteiger charge is 2.47. The lowest BCUT2D eigenvalue weighted by Crippen LogP contribution is -2.52. The van der Waals surface area contributed by atoms with Crippen molar-refractivity contribution in [1.29, 1.82) is 0 Å². The van der Waals surface area contributed by atoms with E-state index in [9.17, 15) is 14.4 Å². The number of urea groups is 1. The monoisotopic (exact) mass is 316 g/mol. The molecule has 2 fully saturated rings. The first-order valence-electron chi connectivity index (χ1n) is 7.69. The number of nitrogens with zero attached hydrogens (tertiary/aromatic N) is 3. The molecule has 0 spiro atoms. The van der Waals surface area contributed by atoms with E-state index in [4.69, 9.17) is 0 Å². The summed E-state index contributed by atoms with van der Waals surface area (Å²) >= 11 is 0. The summed E-state index contributed by atoms with van der Waals surface area (Å²) in [6, 6.07) is 9.20. The molecule has 0 bridgehead atoms. The first kappa shape index (κ1) is 15.5. The van der Waals surface area contributed by atoms with Gasteiger partial charge >= 0.3 is 6.03 Å². The number of hydrogen-bond donors (Lipinski definition) is 1. The fraction of sp³-hybridized carbons (Fsp3) is 0.438. The van der Waals surface area contributed by atoms with Crippen molar-refractivity contribution < 1.29 is 14.4 Å². The van der Waals surface area contributed by atoms with Gasteiger partial charge in [-0.2, -0.15) is 0 Å². The van der Waals surface area contributed by atoms with E-state index in [2.05, 4.69) is 10.2 Å². The molecule has 1 atom stereocenters. The molecule has 0 saturated carbocycles. The van der Waals surface area contributed by atoms with E-state index in [0.29, 0.717) is 13.1 Å². The molecule has 2 saturated heterocycles. The van der Waals surface area contributed by atoms with Crippen molar-refractivity contribution in [1.82, 2.24) is 20.0 Å². The fourth-order valence-electron chi connectivity index (χ4n) is 3.06. The summed E-state index contributed by atoms with van der Waals surface area (Å²) < 4.78 is 0. The standard InChI is InChI=1S/C16H20N4O3/c1-17-14(21)11-20-15(22)13-10-18(7-8-19(13)16(20)23)9-12-5-3-2-4-6-12/h2-6,13H,7-11H2,1H3,(H,17,21). The lowest BCUT2D eigenvalue weighted by molar-refractivity contribution is -0.133. The Morgan fingerprint density at radius 2 is 1.96 bits per heavy atom. The molecule has 7 nitrogen and oxygen atoms in total. The van der Waals surface area contributed by atoms with Crippen LogP contribution in [0.25, 0.3) is 0 Å². The van der Waals surface area contributed by atoms with Gasteiger partial charge in [0.2, 0.25) is 5.91 Å². The van der Waals surface area contributed by atoms with Crippen LogP contribution in [0.4, 0.5) is 4.79 Å². The molecule has 3 rings (SSSR count). The molecule has 2 aliphatic heterocycles. The average Bonchev–Trinajstić information content (AvgIpc) is 2.80. The summed E-state index contributed by atoms with van der Waals surface area (Å²) in [5, 5.41) is 2.44. The van der Waals surface area contributed by atoms with Crippen LogP contribution in [-0.4, -0.2) is 71.8 Å². The van der Waals surface area contributed by atoms with E-state index in [1.165, 1.54) is 12.6 Å². The van der Waals surface area contributed by atoms with Crippen LogP contribution in [0, 0.1) is 0 Å². The van der Waals surface area contributed by atoms with Gasteiger partial charge < -0.3 is 10.2 Å². The number of likely N-dealkylation sites (N-methyl/N-ethyl adjacent to an activating group) is 1. The summed E-state index contributed by atoms with van der Waals surface area (Å²) in [7, 11) is 1.49. The predicted molar refractivity (Wildman–Crippen MR) is 83.4 cm³/mol. The first-order valence-corrected chi connectivity index (χ1v) is 7.69. The van der Waals surface area contributed by atoms with Crippen molar-refractivity contribution >= 4 is 17.8 Å². The number of nitrogens with one attached hydrogen (secondary N) is 1. The number of amides is 4. The van der Waals surface area contributed by atoms with Crippen LogP contribution in [0.2, 0.25) is 0 Å². The van der Waals surface area contributed by atoms with Gasteiger partial charge in [0.15, 0.2) is 0 Å². The molecule has 0 aromatic heterocycles. The van der Waals surface area contributed by atoms with Crippen LogP contribution in [0.5, 0.6) is 0 Å². The number of imide groups is 1. The third-order valence-electron chi connectivity index (χ3n) is 4.32. The van der Waals surface area contributed by atoms with Crippen LogP contribution in [0.3, 0.4) is 0 Å². The lowest BCUT2D eigenvalue weighted by atomic mass is 10.1. The Labute approximate surface area is 134 Å². The molecule has 2 heterocycles. The molecule has 7 heteroatoms. The van der Waals surface area contributed by atoms with Crippen LogP contribution >= 0.6 is 0 Å². The Morgan fingerprint density at radius 3 is 2.65 bits per heavy atom. The highest BCUT2D eigenvalue weighted by molar-refractivity contribution is 6.06. The smallest absolute Gasteiger partial charge is 0.328 e. The Kier molecular flexibility index (Phi) is 4.29. The van der Waals surface area contributed by atoms with Crippen molar-refractivity contribution in [3.63, 3.8) is 0 Å². The summed E-state index contributed by atoms with van der Waals surface area (Å²) in [5.74, 6) is -0.621. The normalized spacial score (nSPS) is 21.5. The largest absolute Gasteiger partial charge is 0.358 e. The second-order valence-electron chi connectivity index (χ2n) is 5.81. The van der Waals surface area contributed by atoms with Crippen molar-refractivity contribution in [2.24, 2.45) is 0 Å². The minimum atomic E-state index is -0.482. The van der Waals surface area contributed by atoms with Gasteiger partial charge in [0.25, 0.3) is 5.91 Å². The predicted octanol–water partition coefficient (Wildman–Crippen LogP) is -0.119. The zero-order valence-electron chi connectivity index (χ0n) is 13.1. The Bertz CT molecular complexity index is 619. The number of rotatable bonds is 4. The van der Waals surface area contributed by atoms with E-state index in [-0.39, 0.29) is 24.4 Å². The average molecular weight is 316 g/mol. The van der Waals surface area contributed by atoms with Crippen LogP contribution in [0.15, 0.2) is 30.3 Å². The van der Waals surface area contributed by atoms with E-state index in [1.807, 2.05) is 30.3 Å². The van der Waals surface area contributed by atoms with Crippen molar-refractivity contribution in [2.45, 2.75) is 12.6 Å². The maximum atomic E-state index is 12.5. The number of benzene rings is 1. The topological polar surface area (TPSA) is 73.0 Å². The molecule has 122 valence electrons. The van der Waals surface area contributed by atoms with Gasteiger partial charge in [-0.3, -0.25) is 19.4 Å². The lowest BCUT2D eigenvalue weighted by Gasteiger charge is -2.35. The van der Waals surface area contributed by atoms with E-state index in [1.54, 1.807) is 4.90 Å². The van der Waals surface area contributed by atoms with Gasteiger partial charge in [-0.15, -0.1) is 0 Å². The second kappa shape index (κ2) is 6.37. The van der Waals surface area contributed by atoms with Gasteiger partial charge in [0, 0.05) is 33.2 Å². The maximum absolute atomic E-state index is 12.5. The van der Waals surface area contributed by atoms with Crippen molar-refractivity contribution in [3.8, 4) is 0 Å². The molecule has 4 amide bonds. The molecule has 1 aromatic carbocycles. The fourth-order valence-corrected chi connectivity index (χ4v) is 3.06. The van der Waals surface area contributed by atoms with E-state index in [0.717, 1.165) is 18.0 Å². The molecule has 23 heavy (non-hydrogen) atoms. The van der Waals surface area contributed by atoms with Gasteiger partial charge in [0.1, 0.15) is 12.6 Å². The summed E-state index contributed by atoms with van der Waals surface area (Å²) in [4.78, 5) is 41.0. The highest BCUT2D eigenvalue weighted by atomic mass is 16.2. The minimum absolute atomic E-state index is 0.208. The van der Waals surface area contributed by atoms with E-state index >= 15 is 0 Å². The maximum Gasteiger partial charge on any atom is 0.328 e. The van der Waals surface area contributed by atoms with Gasteiger partial charge in [-0.1, -0.05) is 30.3 Å². The molecule has 0 radical (unpaired) electrons. The Morgan fingerprint density at radius 1 is 1.22 bits per heavy atom. The molecule has 1 unspecified atom stereocenters. The molecular formula is C16H20N4O3. The highest BCUT2D eigenvalue weighted by Crippen LogP contribution is 2.22. The molecule has 1 aromatic rings. The van der Waals surface area contributed by atoms with Crippen LogP contribution < -0.4 is 5.32 Å². The number of hydrogen-bond acceptors (Lipinski definition) is 4. The van der Waals surface area contributed by atoms with Gasteiger partial charge in [-0.05, 0) is 5.56 Å². The molecule has 2 aliphatic rings. The quantitative estimate of drug-likeness (QED) is 0.786. The third-order valence-corrected chi connectivity index (χ3v) is 4.32. The molecular weight excluding hydrogens is 296 g/mol. The van der Waals surface area contributed by atoms with Crippen LogP contribution in [0.1, 0.15) is 5.56 Å². The summed E-state index contributed by atoms with van der Waals surface area (Å²) in [5.41, 5.74) is 1.18.